The number of aliphatic imine (C=N–C) groups is 1. The predicted octanol–water partition coefficient (Wildman–Crippen LogP) is 3.74. The third-order valence-electron chi connectivity index (χ3n) is 4.00. The van der Waals surface area contributed by atoms with Gasteiger partial charge in [-0.3, -0.25) is 4.99 Å². The van der Waals surface area contributed by atoms with E-state index in [2.05, 4.69) is 28.5 Å². The number of nitrogens with two attached hydrogens (primary N) is 1. The molecule has 0 fully saturated rings. The summed E-state index contributed by atoms with van der Waals surface area (Å²) in [6.07, 6.45) is 3.61. The van der Waals surface area contributed by atoms with E-state index in [1.165, 1.54) is 29.5 Å². The number of hydrogen-bond donors (Lipinski definition) is 2. The highest BCUT2D eigenvalue weighted by Crippen LogP contribution is 2.24. The summed E-state index contributed by atoms with van der Waals surface area (Å²) >= 11 is 0. The summed E-state index contributed by atoms with van der Waals surface area (Å²) in [6.45, 7) is 1.71. The van der Waals surface area contributed by atoms with Crippen LogP contribution in [0.1, 0.15) is 23.1 Å². The molecule has 5 heteroatoms. The quantitative estimate of drug-likeness (QED) is 0.313. The Morgan fingerprint density at radius 1 is 1.08 bits per heavy atom. The molecule has 0 bridgehead atoms. The van der Waals surface area contributed by atoms with Crippen molar-refractivity contribution in [1.82, 2.24) is 0 Å². The van der Waals surface area contributed by atoms with E-state index in [4.69, 9.17) is 10.5 Å². The molecule has 4 nitrogen and oxygen atoms in total. The topological polar surface area (TPSA) is 59.6 Å². The highest BCUT2D eigenvalue weighted by molar-refractivity contribution is 14.0. The molecule has 2 aromatic carbocycles. The lowest BCUT2D eigenvalue weighted by Crippen LogP contribution is -2.23. The molecule has 0 aromatic heterocycles. The third-order valence-corrected chi connectivity index (χ3v) is 4.00. The minimum absolute atomic E-state index is 0. The van der Waals surface area contributed by atoms with Crippen molar-refractivity contribution < 1.29 is 4.74 Å². The number of benzene rings is 2. The number of hydrogen-bond acceptors (Lipinski definition) is 2. The predicted molar refractivity (Wildman–Crippen MR) is 110 cm³/mol. The second-order valence-electron chi connectivity index (χ2n) is 5.77. The van der Waals surface area contributed by atoms with Crippen LogP contribution in [0.2, 0.25) is 0 Å². The molecule has 0 saturated heterocycles. The Morgan fingerprint density at radius 2 is 1.88 bits per heavy atom. The number of anilines is 1. The molecule has 0 amide bonds. The third kappa shape index (κ3) is 5.49. The zero-order valence-corrected chi connectivity index (χ0v) is 16.0. The second kappa shape index (κ2) is 9.64. The van der Waals surface area contributed by atoms with Crippen molar-refractivity contribution in [3.8, 4) is 0 Å². The summed E-state index contributed by atoms with van der Waals surface area (Å²) in [7, 11) is 0. The fraction of sp³-hybridized carbons (Fsp3) is 0.316. The van der Waals surface area contributed by atoms with Crippen LogP contribution in [-0.4, -0.2) is 19.1 Å². The van der Waals surface area contributed by atoms with Gasteiger partial charge in [-0.1, -0.05) is 36.4 Å². The molecule has 0 saturated carbocycles. The van der Waals surface area contributed by atoms with Gasteiger partial charge >= 0.3 is 0 Å². The number of nitrogens with zero attached hydrogens (tertiary/aromatic N) is 1. The number of aryl methyl sites for hydroxylation is 2. The highest BCUT2D eigenvalue weighted by atomic mass is 127. The molecule has 0 aliphatic heterocycles. The van der Waals surface area contributed by atoms with Gasteiger partial charge in [-0.25, -0.2) is 0 Å². The van der Waals surface area contributed by atoms with E-state index in [0.717, 1.165) is 12.1 Å². The standard InChI is InChI=1S/C19H23N3O.HI/c20-19(21-11-12-23-14-15-5-2-1-3-6-15)22-18-10-9-16-7-4-8-17(16)13-18;/h1-3,5-6,9-10,13H,4,7-8,11-12,14H2,(H3,20,21,22);1H. The lowest BCUT2D eigenvalue weighted by Gasteiger charge is -2.08. The number of fused-ring (bicyclic) bond motifs is 1. The van der Waals surface area contributed by atoms with Crippen LogP contribution in [0.3, 0.4) is 0 Å². The van der Waals surface area contributed by atoms with E-state index in [9.17, 15) is 0 Å². The van der Waals surface area contributed by atoms with Crippen molar-refractivity contribution in [2.75, 3.05) is 18.5 Å². The molecular formula is C19H24IN3O. The zero-order valence-electron chi connectivity index (χ0n) is 13.7. The maximum atomic E-state index is 5.93. The number of nitrogens with one attached hydrogen (secondary N) is 1. The first kappa shape index (κ1) is 18.7. The highest BCUT2D eigenvalue weighted by Gasteiger charge is 2.10. The number of rotatable bonds is 6. The Kier molecular flexibility index (Phi) is 7.52. The van der Waals surface area contributed by atoms with Crippen LogP contribution < -0.4 is 11.1 Å². The van der Waals surface area contributed by atoms with Gasteiger partial charge in [0.15, 0.2) is 5.96 Å². The Bertz CT molecular complexity index is 674. The molecular weight excluding hydrogens is 413 g/mol. The lowest BCUT2D eigenvalue weighted by atomic mass is 10.1. The van der Waals surface area contributed by atoms with E-state index in [1.54, 1.807) is 0 Å². The van der Waals surface area contributed by atoms with Crippen LogP contribution >= 0.6 is 24.0 Å². The minimum atomic E-state index is 0. The van der Waals surface area contributed by atoms with Crippen molar-refractivity contribution in [2.45, 2.75) is 25.9 Å². The zero-order chi connectivity index (χ0) is 15.9. The van der Waals surface area contributed by atoms with E-state index < -0.39 is 0 Å². The first-order valence-electron chi connectivity index (χ1n) is 8.12. The number of ether oxygens (including phenoxy) is 1. The Labute approximate surface area is 160 Å². The molecule has 1 aliphatic carbocycles. The first-order valence-corrected chi connectivity index (χ1v) is 8.12. The van der Waals surface area contributed by atoms with Gasteiger partial charge in [-0.15, -0.1) is 24.0 Å². The molecule has 3 rings (SSSR count). The smallest absolute Gasteiger partial charge is 0.193 e. The molecule has 1 aliphatic rings. The minimum Gasteiger partial charge on any atom is -0.375 e. The van der Waals surface area contributed by atoms with Gasteiger partial charge < -0.3 is 15.8 Å². The second-order valence-corrected chi connectivity index (χ2v) is 5.77. The van der Waals surface area contributed by atoms with Gasteiger partial charge in [0.2, 0.25) is 0 Å². The first-order chi connectivity index (χ1) is 11.3. The van der Waals surface area contributed by atoms with E-state index >= 15 is 0 Å². The van der Waals surface area contributed by atoms with Crippen molar-refractivity contribution in [2.24, 2.45) is 10.7 Å². The summed E-state index contributed by atoms with van der Waals surface area (Å²) in [5.41, 5.74) is 11.0. The molecule has 0 radical (unpaired) electrons. The van der Waals surface area contributed by atoms with E-state index in [1.807, 2.05) is 30.3 Å². The van der Waals surface area contributed by atoms with Crippen LogP contribution in [0.4, 0.5) is 5.69 Å². The van der Waals surface area contributed by atoms with Gasteiger partial charge in [-0.05, 0) is 48.1 Å². The largest absolute Gasteiger partial charge is 0.375 e. The van der Waals surface area contributed by atoms with Gasteiger partial charge in [0.05, 0.1) is 19.8 Å². The summed E-state index contributed by atoms with van der Waals surface area (Å²) < 4.78 is 5.59. The Morgan fingerprint density at radius 3 is 2.71 bits per heavy atom. The van der Waals surface area contributed by atoms with Crippen LogP contribution in [0.15, 0.2) is 53.5 Å². The normalized spacial score (nSPS) is 13.2. The summed E-state index contributed by atoms with van der Waals surface area (Å²) in [6, 6.07) is 16.5. The Balaban J connectivity index is 0.00000208. The van der Waals surface area contributed by atoms with Gasteiger partial charge in [0.1, 0.15) is 0 Å². The van der Waals surface area contributed by atoms with E-state index in [-0.39, 0.29) is 24.0 Å². The number of guanidine groups is 1. The lowest BCUT2D eigenvalue weighted by molar-refractivity contribution is 0.128. The summed E-state index contributed by atoms with van der Waals surface area (Å²) in [5.74, 6) is 0.436. The van der Waals surface area contributed by atoms with Crippen molar-refractivity contribution in [3.05, 3.63) is 65.2 Å². The molecule has 0 unspecified atom stereocenters. The average molecular weight is 437 g/mol. The van der Waals surface area contributed by atoms with Crippen molar-refractivity contribution in [3.63, 3.8) is 0 Å². The average Bonchev–Trinajstić information content (AvgIpc) is 3.03. The maximum Gasteiger partial charge on any atom is 0.193 e. The molecule has 3 N–H and O–H groups in total. The molecule has 128 valence electrons. The number of halogens is 1. The van der Waals surface area contributed by atoms with Gasteiger partial charge in [0, 0.05) is 5.69 Å². The molecule has 2 aromatic rings. The van der Waals surface area contributed by atoms with Crippen LogP contribution in [-0.2, 0) is 24.2 Å². The maximum absolute atomic E-state index is 5.93. The molecule has 0 heterocycles. The molecule has 24 heavy (non-hydrogen) atoms. The molecule has 0 atom stereocenters. The monoisotopic (exact) mass is 437 g/mol. The van der Waals surface area contributed by atoms with Crippen molar-refractivity contribution in [1.29, 1.82) is 0 Å². The van der Waals surface area contributed by atoms with Gasteiger partial charge in [0.25, 0.3) is 0 Å². The summed E-state index contributed by atoms with van der Waals surface area (Å²) in [5, 5.41) is 3.15. The fourth-order valence-electron chi connectivity index (χ4n) is 2.83. The molecule has 0 spiro atoms. The van der Waals surface area contributed by atoms with Crippen molar-refractivity contribution >= 4 is 35.6 Å². The van der Waals surface area contributed by atoms with Crippen LogP contribution in [0.25, 0.3) is 0 Å². The summed E-state index contributed by atoms with van der Waals surface area (Å²) in [4.78, 5) is 4.30. The SMILES string of the molecule is I.NC(=NCCOCc1ccccc1)Nc1ccc2c(c1)CCC2. The fourth-order valence-corrected chi connectivity index (χ4v) is 2.83. The van der Waals surface area contributed by atoms with E-state index in [0.29, 0.717) is 25.7 Å². The van der Waals surface area contributed by atoms with Crippen LogP contribution in [0, 0.1) is 0 Å². The van der Waals surface area contributed by atoms with Crippen LogP contribution in [0.5, 0.6) is 0 Å². The Hall–Kier alpha value is -1.60. The van der Waals surface area contributed by atoms with Gasteiger partial charge in [-0.2, -0.15) is 0 Å².